The van der Waals surface area contributed by atoms with Crippen molar-refractivity contribution in [2.75, 3.05) is 6.61 Å². The zero-order chi connectivity index (χ0) is 13.4. The second kappa shape index (κ2) is 5.51. The monoisotopic (exact) mass is 251 g/mol. The fraction of sp³-hybridized carbons (Fsp3) is 0.818. The van der Waals surface area contributed by atoms with Crippen LogP contribution in [0, 0.1) is 0 Å². The van der Waals surface area contributed by atoms with Crippen LogP contribution in [0.5, 0.6) is 0 Å². The number of amides is 1. The van der Waals surface area contributed by atoms with Crippen LogP contribution in [0.2, 0.25) is 0 Å². The quantitative estimate of drug-likeness (QED) is 0.467. The Hall–Kier alpha value is -0.703. The van der Waals surface area contributed by atoms with Gasteiger partial charge in [-0.3, -0.25) is 4.90 Å². The van der Waals surface area contributed by atoms with Gasteiger partial charge in [0.25, 0.3) is 0 Å². The maximum absolute atomic E-state index is 11.9. The Balaban J connectivity index is 0.00000289. The van der Waals surface area contributed by atoms with Gasteiger partial charge in [-0.05, 0) is 34.6 Å². The number of ether oxygens (including phenoxy) is 2. The molecule has 0 radical (unpaired) electrons. The molecule has 0 spiro atoms. The standard InChI is InChI=1S/C11H19NO5.Li/c1-10(2,3)17-9(15)12-7(8(13)14)6-16-11(12,4)5;/h7H,6H2,1-5H3,(H,13,14);/q;+1/p-1/t7-;/m0./s1. The molecule has 0 saturated carbocycles. The van der Waals surface area contributed by atoms with Crippen molar-refractivity contribution in [3.05, 3.63) is 0 Å². The molecule has 7 heteroatoms. The summed E-state index contributed by atoms with van der Waals surface area (Å²) in [7, 11) is 0. The molecule has 0 aromatic carbocycles. The van der Waals surface area contributed by atoms with Crippen LogP contribution in [0.15, 0.2) is 0 Å². The Kier molecular flexibility index (Phi) is 5.30. The van der Waals surface area contributed by atoms with Crippen LogP contribution >= 0.6 is 0 Å². The summed E-state index contributed by atoms with van der Waals surface area (Å²) in [6.07, 6.45) is -0.714. The minimum absolute atomic E-state index is 0. The molecule has 0 aromatic rings. The van der Waals surface area contributed by atoms with Gasteiger partial charge in [-0.25, -0.2) is 4.79 Å². The van der Waals surface area contributed by atoms with Gasteiger partial charge < -0.3 is 19.4 Å². The molecule has 1 atom stereocenters. The van der Waals surface area contributed by atoms with Crippen LogP contribution in [-0.2, 0) is 14.3 Å². The van der Waals surface area contributed by atoms with Gasteiger partial charge in [0, 0.05) is 0 Å². The van der Waals surface area contributed by atoms with E-state index >= 15 is 0 Å². The topological polar surface area (TPSA) is 78.9 Å². The minimum atomic E-state index is -1.35. The average molecular weight is 251 g/mol. The van der Waals surface area contributed by atoms with Gasteiger partial charge in [-0.1, -0.05) is 0 Å². The van der Waals surface area contributed by atoms with E-state index < -0.39 is 29.4 Å². The zero-order valence-electron chi connectivity index (χ0n) is 11.8. The van der Waals surface area contributed by atoms with E-state index in [2.05, 4.69) is 0 Å². The average Bonchev–Trinajstić information content (AvgIpc) is 2.37. The van der Waals surface area contributed by atoms with Gasteiger partial charge in [0.05, 0.1) is 12.6 Å². The molecule has 1 aliphatic heterocycles. The summed E-state index contributed by atoms with van der Waals surface area (Å²) in [6.45, 7) is 8.27. The van der Waals surface area contributed by atoms with Crippen LogP contribution in [0.1, 0.15) is 34.6 Å². The molecule has 18 heavy (non-hydrogen) atoms. The van der Waals surface area contributed by atoms with E-state index in [9.17, 15) is 14.7 Å². The summed E-state index contributed by atoms with van der Waals surface area (Å²) >= 11 is 0. The largest absolute Gasteiger partial charge is 1.00 e. The smallest absolute Gasteiger partial charge is 0.548 e. The number of aliphatic carboxylic acids is 1. The molecular formula is C11H18LiNO5. The molecule has 0 aromatic heterocycles. The van der Waals surface area contributed by atoms with Gasteiger partial charge in [0.2, 0.25) is 0 Å². The molecule has 1 heterocycles. The second-order valence-electron chi connectivity index (χ2n) is 5.44. The summed E-state index contributed by atoms with van der Waals surface area (Å²) in [6, 6.07) is -1.11. The van der Waals surface area contributed by atoms with Crippen molar-refractivity contribution in [1.82, 2.24) is 4.90 Å². The molecule has 0 aliphatic carbocycles. The van der Waals surface area contributed by atoms with E-state index in [4.69, 9.17) is 9.47 Å². The van der Waals surface area contributed by atoms with Crippen molar-refractivity contribution in [2.24, 2.45) is 0 Å². The SMILES string of the molecule is CC(C)(C)OC(=O)N1[C@H](C(=O)[O-])COC1(C)C.[Li+]. The molecule has 0 N–H and O–H groups in total. The summed E-state index contributed by atoms with van der Waals surface area (Å²) in [5, 5.41) is 10.9. The minimum Gasteiger partial charge on any atom is -0.548 e. The first-order valence-corrected chi connectivity index (χ1v) is 5.42. The van der Waals surface area contributed by atoms with E-state index in [-0.39, 0.29) is 25.5 Å². The Morgan fingerprint density at radius 1 is 1.39 bits per heavy atom. The van der Waals surface area contributed by atoms with Crippen molar-refractivity contribution in [3.63, 3.8) is 0 Å². The molecule has 1 rings (SSSR count). The van der Waals surface area contributed by atoms with E-state index in [1.54, 1.807) is 34.6 Å². The number of rotatable bonds is 1. The third kappa shape index (κ3) is 3.91. The molecule has 1 saturated heterocycles. The number of hydrogen-bond acceptors (Lipinski definition) is 5. The van der Waals surface area contributed by atoms with Crippen molar-refractivity contribution >= 4 is 12.1 Å². The van der Waals surface area contributed by atoms with Gasteiger partial charge in [0.15, 0.2) is 0 Å². The van der Waals surface area contributed by atoms with E-state index in [1.165, 1.54) is 0 Å². The Bertz CT molecular complexity index is 337. The van der Waals surface area contributed by atoms with E-state index in [0.717, 1.165) is 4.90 Å². The fourth-order valence-corrected chi connectivity index (χ4v) is 1.63. The zero-order valence-corrected chi connectivity index (χ0v) is 11.8. The van der Waals surface area contributed by atoms with E-state index in [0.29, 0.717) is 0 Å². The van der Waals surface area contributed by atoms with Crippen molar-refractivity contribution < 1.29 is 43.0 Å². The molecule has 1 aliphatic rings. The summed E-state index contributed by atoms with van der Waals surface area (Å²) in [5.74, 6) is -1.35. The summed E-state index contributed by atoms with van der Waals surface area (Å²) in [5.41, 5.74) is -1.70. The van der Waals surface area contributed by atoms with Crippen LogP contribution in [-0.4, -0.2) is 40.9 Å². The third-order valence-electron chi connectivity index (χ3n) is 2.35. The number of carboxylic acid groups (broad SMARTS) is 1. The Morgan fingerprint density at radius 3 is 2.28 bits per heavy atom. The maximum atomic E-state index is 11.9. The number of carbonyl (C=O) groups is 2. The molecule has 1 amide bonds. The van der Waals surface area contributed by atoms with Crippen LogP contribution in [0.4, 0.5) is 4.79 Å². The molecule has 0 bridgehead atoms. The predicted octanol–water partition coefficient (Wildman–Crippen LogP) is -2.89. The molecule has 6 nitrogen and oxygen atoms in total. The van der Waals surface area contributed by atoms with Crippen LogP contribution in [0.3, 0.4) is 0 Å². The number of hydrogen-bond donors (Lipinski definition) is 0. The van der Waals surface area contributed by atoms with Crippen LogP contribution < -0.4 is 24.0 Å². The Morgan fingerprint density at radius 2 is 1.89 bits per heavy atom. The van der Waals surface area contributed by atoms with Gasteiger partial charge in [-0.2, -0.15) is 0 Å². The number of carbonyl (C=O) groups excluding carboxylic acids is 2. The first kappa shape index (κ1) is 17.3. The number of nitrogens with zero attached hydrogens (tertiary/aromatic N) is 1. The molecule has 98 valence electrons. The molecular weight excluding hydrogens is 233 g/mol. The first-order chi connectivity index (χ1) is 7.54. The second-order valence-corrected chi connectivity index (χ2v) is 5.44. The van der Waals surface area contributed by atoms with Gasteiger partial charge in [0.1, 0.15) is 17.4 Å². The summed E-state index contributed by atoms with van der Waals surface area (Å²) in [4.78, 5) is 23.9. The molecule has 1 fully saturated rings. The van der Waals surface area contributed by atoms with Crippen molar-refractivity contribution in [2.45, 2.75) is 52.0 Å². The number of carboxylic acids is 1. The fourth-order valence-electron chi connectivity index (χ4n) is 1.63. The van der Waals surface area contributed by atoms with E-state index in [1.807, 2.05) is 0 Å². The van der Waals surface area contributed by atoms with Crippen molar-refractivity contribution in [1.29, 1.82) is 0 Å². The maximum Gasteiger partial charge on any atom is 1.00 e. The third-order valence-corrected chi connectivity index (χ3v) is 2.35. The summed E-state index contributed by atoms with van der Waals surface area (Å²) < 4.78 is 10.4. The Labute approximate surface area is 119 Å². The van der Waals surface area contributed by atoms with Gasteiger partial charge in [-0.15, -0.1) is 0 Å². The first-order valence-electron chi connectivity index (χ1n) is 5.42. The predicted molar refractivity (Wildman–Crippen MR) is 56.9 cm³/mol. The van der Waals surface area contributed by atoms with Gasteiger partial charge >= 0.3 is 25.0 Å². The normalized spacial score (nSPS) is 22.3. The van der Waals surface area contributed by atoms with Crippen LogP contribution in [0.25, 0.3) is 0 Å². The van der Waals surface area contributed by atoms with Crippen molar-refractivity contribution in [3.8, 4) is 0 Å². The molecule has 0 unspecified atom stereocenters.